The third-order valence-electron chi connectivity index (χ3n) is 3.30. The number of carbonyl (C=O) groups is 3. The van der Waals surface area contributed by atoms with Crippen LogP contribution in [0, 0.1) is 16.0 Å². The van der Waals surface area contributed by atoms with Gasteiger partial charge in [0.15, 0.2) is 11.6 Å². The molecule has 1 aromatic rings. The molecule has 2 aliphatic rings. The standard InChI is InChI=1S/C12H6N2O6S/c15-9-5-3-6(14(19)20)21-11(5)10(16)7-4(12(17)18)1-2-13-8(7)9/h1-3,5,11H,(H,17,18). The first-order valence-electron chi connectivity index (χ1n) is 5.75. The monoisotopic (exact) mass is 306 g/mol. The van der Waals surface area contributed by atoms with Gasteiger partial charge in [0, 0.05) is 12.3 Å². The molecular weight excluding hydrogens is 300 g/mol. The molecule has 0 amide bonds. The summed E-state index contributed by atoms with van der Waals surface area (Å²) in [7, 11) is 0. The van der Waals surface area contributed by atoms with Gasteiger partial charge in [0.25, 0.3) is 0 Å². The van der Waals surface area contributed by atoms with Crippen molar-refractivity contribution in [3.05, 3.63) is 50.3 Å². The molecule has 9 heteroatoms. The second-order valence-corrected chi connectivity index (χ2v) is 5.60. The maximum absolute atomic E-state index is 12.4. The molecular formula is C12H6N2O6S. The average Bonchev–Trinajstić information content (AvgIpc) is 2.89. The number of carbonyl (C=O) groups excluding carboxylic acids is 2. The molecule has 2 atom stereocenters. The van der Waals surface area contributed by atoms with Gasteiger partial charge in [0.05, 0.1) is 27.2 Å². The number of hydrogen-bond donors (Lipinski definition) is 1. The first kappa shape index (κ1) is 13.4. The fraction of sp³-hybridized carbons (Fsp3) is 0.167. The number of Topliss-reactive ketones (excluding diaryl/α,β-unsaturated/α-hetero) is 2. The van der Waals surface area contributed by atoms with Gasteiger partial charge in [-0.2, -0.15) is 0 Å². The normalized spacial score (nSPS) is 23.3. The number of carboxylic acids is 1. The van der Waals surface area contributed by atoms with Crippen LogP contribution in [0.15, 0.2) is 23.4 Å². The third-order valence-corrected chi connectivity index (χ3v) is 4.59. The molecule has 1 aliphatic heterocycles. The summed E-state index contributed by atoms with van der Waals surface area (Å²) in [6.45, 7) is 0. The van der Waals surface area contributed by atoms with Crippen LogP contribution < -0.4 is 0 Å². The summed E-state index contributed by atoms with van der Waals surface area (Å²) in [5.41, 5.74) is -0.809. The van der Waals surface area contributed by atoms with E-state index in [1.54, 1.807) is 0 Å². The van der Waals surface area contributed by atoms with Crippen LogP contribution in [-0.2, 0) is 0 Å². The molecule has 0 saturated heterocycles. The number of thioether (sulfide) groups is 1. The number of rotatable bonds is 2. The van der Waals surface area contributed by atoms with Crippen molar-refractivity contribution < 1.29 is 24.4 Å². The van der Waals surface area contributed by atoms with Crippen LogP contribution in [0.2, 0.25) is 0 Å². The summed E-state index contributed by atoms with van der Waals surface area (Å²) >= 11 is 0.670. The Balaban J connectivity index is 2.16. The van der Waals surface area contributed by atoms with Crippen LogP contribution in [0.25, 0.3) is 0 Å². The Morgan fingerprint density at radius 2 is 2.10 bits per heavy atom. The van der Waals surface area contributed by atoms with Crippen molar-refractivity contribution in [2.45, 2.75) is 5.25 Å². The predicted octanol–water partition coefficient (Wildman–Crippen LogP) is 1.01. The highest BCUT2D eigenvalue weighted by Gasteiger charge is 2.49. The van der Waals surface area contributed by atoms with Crippen LogP contribution in [0.3, 0.4) is 0 Å². The molecule has 2 heterocycles. The number of pyridine rings is 1. The van der Waals surface area contributed by atoms with E-state index in [4.69, 9.17) is 5.11 Å². The van der Waals surface area contributed by atoms with Crippen molar-refractivity contribution in [3.8, 4) is 0 Å². The first-order chi connectivity index (χ1) is 9.91. The number of fused-ring (bicyclic) bond motifs is 2. The van der Waals surface area contributed by atoms with E-state index in [9.17, 15) is 24.5 Å². The molecule has 0 fully saturated rings. The number of ketones is 2. The third kappa shape index (κ3) is 1.85. The summed E-state index contributed by atoms with van der Waals surface area (Å²) in [4.78, 5) is 49.8. The minimum absolute atomic E-state index is 0.234. The Morgan fingerprint density at radius 1 is 1.38 bits per heavy atom. The minimum atomic E-state index is -1.35. The van der Waals surface area contributed by atoms with Gasteiger partial charge in [-0.25, -0.2) is 4.79 Å². The van der Waals surface area contributed by atoms with E-state index in [0.717, 1.165) is 18.3 Å². The lowest BCUT2D eigenvalue weighted by Gasteiger charge is -2.23. The van der Waals surface area contributed by atoms with Crippen LogP contribution in [0.5, 0.6) is 0 Å². The molecule has 1 aliphatic carbocycles. The van der Waals surface area contributed by atoms with Gasteiger partial charge in [-0.3, -0.25) is 24.7 Å². The van der Waals surface area contributed by atoms with Crippen molar-refractivity contribution in [1.29, 1.82) is 0 Å². The summed E-state index contributed by atoms with van der Waals surface area (Å²) in [6.07, 6.45) is 2.27. The molecule has 21 heavy (non-hydrogen) atoms. The number of aromatic carboxylic acids is 1. The van der Waals surface area contributed by atoms with E-state index in [2.05, 4.69) is 4.98 Å². The SMILES string of the molecule is O=C(O)c1ccnc2c1C(=O)C1SC([N+](=O)[O-])=CC1C2=O. The fourth-order valence-electron chi connectivity index (χ4n) is 2.39. The number of allylic oxidation sites excluding steroid dienone is 1. The Bertz CT molecular complexity index is 756. The van der Waals surface area contributed by atoms with Crippen molar-refractivity contribution >= 4 is 29.3 Å². The van der Waals surface area contributed by atoms with Gasteiger partial charge in [-0.05, 0) is 17.8 Å². The zero-order chi connectivity index (χ0) is 15.3. The smallest absolute Gasteiger partial charge is 0.336 e. The van der Waals surface area contributed by atoms with Crippen LogP contribution in [-0.4, -0.2) is 37.8 Å². The quantitative estimate of drug-likeness (QED) is 0.633. The molecule has 0 aromatic carbocycles. The molecule has 2 unspecified atom stereocenters. The molecule has 0 radical (unpaired) electrons. The van der Waals surface area contributed by atoms with Gasteiger partial charge in [0.2, 0.25) is 0 Å². The molecule has 0 saturated carbocycles. The van der Waals surface area contributed by atoms with E-state index >= 15 is 0 Å². The molecule has 1 aromatic heterocycles. The fourth-order valence-corrected chi connectivity index (χ4v) is 3.54. The lowest BCUT2D eigenvalue weighted by atomic mass is 9.82. The van der Waals surface area contributed by atoms with E-state index in [-0.39, 0.29) is 21.8 Å². The number of aromatic nitrogens is 1. The van der Waals surface area contributed by atoms with E-state index < -0.39 is 33.6 Å². The number of nitro groups is 1. The second kappa shape index (κ2) is 4.48. The zero-order valence-corrected chi connectivity index (χ0v) is 11.0. The summed E-state index contributed by atoms with van der Waals surface area (Å²) in [5.74, 6) is -3.49. The highest BCUT2D eigenvalue weighted by atomic mass is 32.2. The van der Waals surface area contributed by atoms with E-state index in [1.165, 1.54) is 0 Å². The number of carboxylic acid groups (broad SMARTS) is 1. The lowest BCUT2D eigenvalue weighted by Crippen LogP contribution is -2.37. The van der Waals surface area contributed by atoms with Crippen LogP contribution in [0.1, 0.15) is 31.2 Å². The number of nitrogens with zero attached hydrogens (tertiary/aromatic N) is 2. The lowest BCUT2D eigenvalue weighted by molar-refractivity contribution is -0.410. The molecule has 0 spiro atoms. The van der Waals surface area contributed by atoms with Crippen LogP contribution in [0.4, 0.5) is 0 Å². The average molecular weight is 306 g/mol. The maximum Gasteiger partial charge on any atom is 0.336 e. The summed E-state index contributed by atoms with van der Waals surface area (Å²) < 4.78 is 0. The van der Waals surface area contributed by atoms with Crippen molar-refractivity contribution in [3.63, 3.8) is 0 Å². The first-order valence-corrected chi connectivity index (χ1v) is 6.63. The highest BCUT2D eigenvalue weighted by Crippen LogP contribution is 2.43. The summed E-state index contributed by atoms with van der Waals surface area (Å²) in [5, 5.41) is 18.6. The Morgan fingerprint density at radius 3 is 2.71 bits per heavy atom. The van der Waals surface area contributed by atoms with Gasteiger partial charge in [-0.15, -0.1) is 0 Å². The van der Waals surface area contributed by atoms with Gasteiger partial charge in [0.1, 0.15) is 5.69 Å². The highest BCUT2D eigenvalue weighted by molar-refractivity contribution is 8.04. The molecule has 3 rings (SSSR count). The van der Waals surface area contributed by atoms with Gasteiger partial charge in [-0.1, -0.05) is 0 Å². The second-order valence-electron chi connectivity index (χ2n) is 4.44. The van der Waals surface area contributed by atoms with E-state index in [1.807, 2.05) is 0 Å². The van der Waals surface area contributed by atoms with E-state index in [0.29, 0.717) is 11.8 Å². The zero-order valence-electron chi connectivity index (χ0n) is 10.2. The maximum atomic E-state index is 12.4. The van der Waals surface area contributed by atoms with Gasteiger partial charge < -0.3 is 5.11 Å². The predicted molar refractivity (Wildman–Crippen MR) is 69.8 cm³/mol. The van der Waals surface area contributed by atoms with Crippen molar-refractivity contribution in [2.75, 3.05) is 0 Å². The number of hydrogen-bond acceptors (Lipinski definition) is 7. The van der Waals surface area contributed by atoms with Gasteiger partial charge >= 0.3 is 11.0 Å². The van der Waals surface area contributed by atoms with Crippen LogP contribution >= 0.6 is 11.8 Å². The Kier molecular flexibility index (Phi) is 2.87. The summed E-state index contributed by atoms with van der Waals surface area (Å²) in [6, 6.07) is 1.13. The largest absolute Gasteiger partial charge is 0.478 e. The molecule has 8 nitrogen and oxygen atoms in total. The molecule has 106 valence electrons. The molecule has 0 bridgehead atoms. The minimum Gasteiger partial charge on any atom is -0.478 e. The molecule has 1 N–H and O–H groups in total. The topological polar surface area (TPSA) is 127 Å². The Labute approximate surface area is 121 Å². The Hall–Kier alpha value is -2.55. The van der Waals surface area contributed by atoms with Crippen molar-refractivity contribution in [1.82, 2.24) is 4.98 Å². The van der Waals surface area contributed by atoms with Crippen molar-refractivity contribution in [2.24, 2.45) is 5.92 Å².